The van der Waals surface area contributed by atoms with E-state index in [4.69, 9.17) is 18.0 Å². The van der Waals surface area contributed by atoms with Gasteiger partial charge in [0, 0.05) is 12.5 Å². The lowest BCUT2D eigenvalue weighted by Crippen LogP contribution is -2.37. The molecule has 3 nitrogen and oxygen atoms in total. The Hall–Kier alpha value is -1.01. The number of nitrogens with two attached hydrogens (primary N) is 1. The second-order valence-corrected chi connectivity index (χ2v) is 5.23. The summed E-state index contributed by atoms with van der Waals surface area (Å²) in [5.41, 5.74) is 5.44. The van der Waals surface area contributed by atoms with Crippen LogP contribution < -0.4 is 11.1 Å². The van der Waals surface area contributed by atoms with E-state index in [-0.39, 0.29) is 16.1 Å². The van der Waals surface area contributed by atoms with Crippen molar-refractivity contribution in [2.45, 2.75) is 25.8 Å². The zero-order valence-corrected chi connectivity index (χ0v) is 12.3. The Morgan fingerprint density at radius 1 is 1.61 bits per heavy atom. The molecule has 0 aliphatic heterocycles. The number of halogens is 2. The van der Waals surface area contributed by atoms with Gasteiger partial charge in [0.25, 0.3) is 5.91 Å². The highest BCUT2D eigenvalue weighted by Gasteiger charge is 2.17. The van der Waals surface area contributed by atoms with Crippen LogP contribution in [-0.2, 0) is 0 Å². The van der Waals surface area contributed by atoms with Gasteiger partial charge in [-0.3, -0.25) is 4.79 Å². The van der Waals surface area contributed by atoms with Crippen LogP contribution in [0.25, 0.3) is 0 Å². The lowest BCUT2D eigenvalue weighted by molar-refractivity contribution is 0.0933. The molecule has 18 heavy (non-hydrogen) atoms. The normalized spacial score (nSPS) is 11.9. The van der Waals surface area contributed by atoms with Crippen LogP contribution in [0.15, 0.2) is 22.7 Å². The van der Waals surface area contributed by atoms with Crippen molar-refractivity contribution in [3.05, 3.63) is 34.1 Å². The Kier molecular flexibility index (Phi) is 5.68. The molecule has 1 atom stereocenters. The minimum Gasteiger partial charge on any atom is -0.393 e. The summed E-state index contributed by atoms with van der Waals surface area (Å²) in [6.07, 6.45) is 1.09. The topological polar surface area (TPSA) is 55.1 Å². The van der Waals surface area contributed by atoms with Gasteiger partial charge in [0.2, 0.25) is 0 Å². The molecule has 0 aromatic heterocycles. The van der Waals surface area contributed by atoms with Gasteiger partial charge in [-0.1, -0.05) is 25.2 Å². The predicted octanol–water partition coefficient (Wildman–Crippen LogP) is 2.77. The molecule has 0 fully saturated rings. The van der Waals surface area contributed by atoms with Crippen LogP contribution in [0.1, 0.15) is 30.1 Å². The smallest absolute Gasteiger partial charge is 0.254 e. The minimum absolute atomic E-state index is 0.00534. The van der Waals surface area contributed by atoms with E-state index < -0.39 is 11.7 Å². The van der Waals surface area contributed by atoms with E-state index in [0.29, 0.717) is 17.8 Å². The van der Waals surface area contributed by atoms with Crippen molar-refractivity contribution in [2.24, 2.45) is 5.73 Å². The van der Waals surface area contributed by atoms with Gasteiger partial charge < -0.3 is 11.1 Å². The Morgan fingerprint density at radius 3 is 2.83 bits per heavy atom. The number of rotatable bonds is 5. The minimum atomic E-state index is -0.569. The highest BCUT2D eigenvalue weighted by molar-refractivity contribution is 9.10. The Labute approximate surface area is 119 Å². The molecule has 1 aromatic carbocycles. The summed E-state index contributed by atoms with van der Waals surface area (Å²) >= 11 is 7.84. The lowest BCUT2D eigenvalue weighted by atomic mass is 10.1. The third-order valence-electron chi connectivity index (χ3n) is 2.47. The van der Waals surface area contributed by atoms with Crippen LogP contribution in [0.5, 0.6) is 0 Å². The van der Waals surface area contributed by atoms with Crippen LogP contribution in [0, 0.1) is 5.82 Å². The SMILES string of the molecule is CCC(CC(N)=S)NC(=O)c1cccc(Br)c1F. The summed E-state index contributed by atoms with van der Waals surface area (Å²) in [6.45, 7) is 1.90. The summed E-state index contributed by atoms with van der Waals surface area (Å²) in [4.78, 5) is 12.2. The van der Waals surface area contributed by atoms with Gasteiger partial charge in [0.15, 0.2) is 0 Å². The van der Waals surface area contributed by atoms with E-state index in [1.807, 2.05) is 6.92 Å². The van der Waals surface area contributed by atoms with Gasteiger partial charge in [0.05, 0.1) is 15.0 Å². The van der Waals surface area contributed by atoms with E-state index in [0.717, 1.165) is 0 Å². The molecule has 0 aliphatic rings. The summed E-state index contributed by atoms with van der Waals surface area (Å²) in [5, 5.41) is 2.72. The van der Waals surface area contributed by atoms with Crippen molar-refractivity contribution in [3.63, 3.8) is 0 Å². The van der Waals surface area contributed by atoms with Crippen LogP contribution >= 0.6 is 28.1 Å². The summed E-state index contributed by atoms with van der Waals surface area (Å²) in [5.74, 6) is -1.03. The molecule has 0 spiro atoms. The first kappa shape index (κ1) is 15.0. The van der Waals surface area contributed by atoms with Crippen molar-refractivity contribution >= 4 is 39.0 Å². The molecular weight excluding hydrogens is 319 g/mol. The van der Waals surface area contributed by atoms with Crippen molar-refractivity contribution < 1.29 is 9.18 Å². The molecule has 1 rings (SSSR count). The highest BCUT2D eigenvalue weighted by Crippen LogP contribution is 2.18. The number of hydrogen-bond donors (Lipinski definition) is 2. The Morgan fingerprint density at radius 2 is 2.28 bits per heavy atom. The maximum atomic E-state index is 13.7. The van der Waals surface area contributed by atoms with Gasteiger partial charge in [-0.2, -0.15) is 0 Å². The van der Waals surface area contributed by atoms with Crippen molar-refractivity contribution in [2.75, 3.05) is 0 Å². The standard InChI is InChI=1S/C12H14BrFN2OS/c1-2-7(6-10(15)18)16-12(17)8-4-3-5-9(13)11(8)14/h3-5,7H,2,6H2,1H3,(H2,15,18)(H,16,17). The number of benzene rings is 1. The molecule has 0 radical (unpaired) electrons. The van der Waals surface area contributed by atoms with Crippen LogP contribution in [0.2, 0.25) is 0 Å². The largest absolute Gasteiger partial charge is 0.393 e. The van der Waals surface area contributed by atoms with Gasteiger partial charge in [-0.25, -0.2) is 4.39 Å². The number of hydrogen-bond acceptors (Lipinski definition) is 2. The van der Waals surface area contributed by atoms with Gasteiger partial charge in [-0.05, 0) is 34.5 Å². The van der Waals surface area contributed by atoms with E-state index in [1.54, 1.807) is 12.1 Å². The number of carbonyl (C=O) groups is 1. The fourth-order valence-electron chi connectivity index (χ4n) is 1.48. The zero-order chi connectivity index (χ0) is 13.7. The Bertz CT molecular complexity index is 467. The summed E-state index contributed by atoms with van der Waals surface area (Å²) in [6, 6.07) is 4.41. The van der Waals surface area contributed by atoms with Crippen LogP contribution in [0.4, 0.5) is 4.39 Å². The summed E-state index contributed by atoms with van der Waals surface area (Å²) in [7, 11) is 0. The van der Waals surface area contributed by atoms with E-state index in [1.165, 1.54) is 6.07 Å². The molecule has 1 unspecified atom stereocenters. The Balaban J connectivity index is 2.81. The first-order valence-electron chi connectivity index (χ1n) is 5.48. The third-order valence-corrected chi connectivity index (χ3v) is 3.25. The number of amides is 1. The highest BCUT2D eigenvalue weighted by atomic mass is 79.9. The van der Waals surface area contributed by atoms with E-state index in [9.17, 15) is 9.18 Å². The second kappa shape index (κ2) is 6.80. The molecule has 98 valence electrons. The maximum Gasteiger partial charge on any atom is 0.254 e. The zero-order valence-electron chi connectivity index (χ0n) is 9.87. The quantitative estimate of drug-likeness (QED) is 0.815. The molecule has 0 aliphatic carbocycles. The van der Waals surface area contributed by atoms with Crippen molar-refractivity contribution in [3.8, 4) is 0 Å². The van der Waals surface area contributed by atoms with E-state index >= 15 is 0 Å². The third kappa shape index (κ3) is 4.03. The molecule has 0 saturated heterocycles. The molecular formula is C12H14BrFN2OS. The fourth-order valence-corrected chi connectivity index (χ4v) is 2.05. The van der Waals surface area contributed by atoms with Gasteiger partial charge in [-0.15, -0.1) is 0 Å². The van der Waals surface area contributed by atoms with Crippen molar-refractivity contribution in [1.29, 1.82) is 0 Å². The molecule has 0 heterocycles. The number of nitrogens with one attached hydrogen (secondary N) is 1. The first-order chi connectivity index (χ1) is 8.45. The molecule has 3 N–H and O–H groups in total. The predicted molar refractivity (Wildman–Crippen MR) is 77.0 cm³/mol. The van der Waals surface area contributed by atoms with Crippen molar-refractivity contribution in [1.82, 2.24) is 5.32 Å². The monoisotopic (exact) mass is 332 g/mol. The second-order valence-electron chi connectivity index (χ2n) is 3.85. The molecule has 1 aromatic rings. The molecule has 0 bridgehead atoms. The van der Waals surface area contributed by atoms with E-state index in [2.05, 4.69) is 21.2 Å². The van der Waals surface area contributed by atoms with Crippen LogP contribution in [0.3, 0.4) is 0 Å². The lowest BCUT2D eigenvalue weighted by Gasteiger charge is -2.16. The van der Waals surface area contributed by atoms with Gasteiger partial charge >= 0.3 is 0 Å². The molecule has 6 heteroatoms. The average molecular weight is 333 g/mol. The average Bonchev–Trinajstić information content (AvgIpc) is 2.31. The number of carbonyl (C=O) groups excluding carboxylic acids is 1. The molecule has 0 saturated carbocycles. The van der Waals surface area contributed by atoms with Crippen LogP contribution in [-0.4, -0.2) is 16.9 Å². The first-order valence-corrected chi connectivity index (χ1v) is 6.69. The summed E-state index contributed by atoms with van der Waals surface area (Å²) < 4.78 is 14.0. The maximum absolute atomic E-state index is 13.7. The molecule has 1 amide bonds. The number of thiocarbonyl (C=S) groups is 1. The fraction of sp³-hybridized carbons (Fsp3) is 0.333. The van der Waals surface area contributed by atoms with Gasteiger partial charge in [0.1, 0.15) is 5.82 Å².